The number of alkyl halides is 3. The molecule has 0 aliphatic heterocycles. The summed E-state index contributed by atoms with van der Waals surface area (Å²) in [7, 11) is 0. The molecule has 1 aromatic carbocycles. The summed E-state index contributed by atoms with van der Waals surface area (Å²) in [4.78, 5) is 11.1. The number of H-pyrrole nitrogens is 1. The molecule has 1 aliphatic carbocycles. The monoisotopic (exact) mass is 384 g/mol. The van der Waals surface area contributed by atoms with E-state index in [1.165, 1.54) is 12.1 Å². The van der Waals surface area contributed by atoms with Crippen molar-refractivity contribution in [2.45, 2.75) is 57.3 Å². The van der Waals surface area contributed by atoms with Crippen molar-refractivity contribution >= 4 is 5.69 Å². The third kappa shape index (κ3) is 4.52. The average molecular weight is 384 g/mol. The molecule has 0 radical (unpaired) electrons. The molecule has 9 heteroatoms. The van der Waals surface area contributed by atoms with Gasteiger partial charge in [-0.05, 0) is 56.2 Å². The molecule has 3 rings (SSSR count). The summed E-state index contributed by atoms with van der Waals surface area (Å²) in [6.07, 6.45) is -0.260. The fourth-order valence-electron chi connectivity index (χ4n) is 3.70. The van der Waals surface area contributed by atoms with Gasteiger partial charge in [-0.15, -0.1) is 5.10 Å². The van der Waals surface area contributed by atoms with Gasteiger partial charge in [0.15, 0.2) is 0 Å². The molecular weight excluding hydrogens is 361 g/mol. The van der Waals surface area contributed by atoms with Gasteiger partial charge in [-0.3, -0.25) is 0 Å². The normalized spacial score (nSPS) is 21.8. The first-order valence-electron chi connectivity index (χ1n) is 9.07. The van der Waals surface area contributed by atoms with Gasteiger partial charge in [-0.1, -0.05) is 6.92 Å². The van der Waals surface area contributed by atoms with Crippen LogP contribution in [0.1, 0.15) is 44.6 Å². The van der Waals surface area contributed by atoms with Crippen molar-refractivity contribution in [1.82, 2.24) is 10.2 Å². The van der Waals surface area contributed by atoms with E-state index >= 15 is 0 Å². The van der Waals surface area contributed by atoms with E-state index in [0.29, 0.717) is 12.0 Å². The quantitative estimate of drug-likeness (QED) is 0.729. The Kier molecular flexibility index (Phi) is 5.59. The fraction of sp³-hybridized carbons (Fsp3) is 0.556. The summed E-state index contributed by atoms with van der Waals surface area (Å²) in [6.45, 7) is 1.95. The molecule has 0 unspecified atom stereocenters. The topological polar surface area (TPSA) is 96.9 Å². The molecule has 6 nitrogen and oxygen atoms in total. The highest BCUT2D eigenvalue weighted by Crippen LogP contribution is 2.38. The Balaban J connectivity index is 1.91. The van der Waals surface area contributed by atoms with Gasteiger partial charge in [0.2, 0.25) is 5.89 Å². The van der Waals surface area contributed by atoms with Crippen molar-refractivity contribution in [2.24, 2.45) is 11.7 Å². The lowest BCUT2D eigenvalue weighted by molar-refractivity contribution is -0.137. The van der Waals surface area contributed by atoms with E-state index < -0.39 is 17.5 Å². The Bertz CT molecular complexity index is 822. The van der Waals surface area contributed by atoms with E-state index in [9.17, 15) is 18.0 Å². The molecule has 1 aromatic heterocycles. The van der Waals surface area contributed by atoms with Crippen LogP contribution in [0.25, 0.3) is 11.5 Å². The Morgan fingerprint density at radius 1 is 1.33 bits per heavy atom. The number of anilines is 1. The van der Waals surface area contributed by atoms with Gasteiger partial charge in [0.25, 0.3) is 0 Å². The van der Waals surface area contributed by atoms with Gasteiger partial charge in [-0.25, -0.2) is 9.89 Å². The van der Waals surface area contributed by atoms with Crippen LogP contribution < -0.4 is 16.8 Å². The van der Waals surface area contributed by atoms with Crippen molar-refractivity contribution in [1.29, 1.82) is 0 Å². The molecule has 0 amide bonds. The first-order valence-corrected chi connectivity index (χ1v) is 9.07. The second-order valence-corrected chi connectivity index (χ2v) is 7.01. The summed E-state index contributed by atoms with van der Waals surface area (Å²) in [5.74, 6) is -0.541. The Morgan fingerprint density at radius 3 is 2.59 bits per heavy atom. The number of benzene rings is 1. The molecule has 27 heavy (non-hydrogen) atoms. The van der Waals surface area contributed by atoms with Crippen LogP contribution in [-0.4, -0.2) is 22.3 Å². The van der Waals surface area contributed by atoms with Gasteiger partial charge in [0.05, 0.1) is 5.56 Å². The number of nitrogens with zero attached hydrogens (tertiary/aromatic N) is 1. The lowest BCUT2D eigenvalue weighted by Gasteiger charge is -2.34. The van der Waals surface area contributed by atoms with Crippen molar-refractivity contribution in [2.75, 3.05) is 5.32 Å². The van der Waals surface area contributed by atoms with E-state index in [-0.39, 0.29) is 29.6 Å². The van der Waals surface area contributed by atoms with Crippen molar-refractivity contribution < 1.29 is 17.6 Å². The first-order chi connectivity index (χ1) is 12.8. The van der Waals surface area contributed by atoms with Crippen LogP contribution >= 0.6 is 0 Å². The molecule has 1 atom stereocenters. The summed E-state index contributed by atoms with van der Waals surface area (Å²) in [6, 6.07) is 3.64. The standard InChI is InChI=1S/C18H23F3N4O2/c1-2-14(10-3-6-12(22)7-4-10)23-15-9-11(16-24-25-17(26)27-16)5-8-13(15)18(19,20)21/h5,8-10,12,14,23H,2-4,6-7,22H2,1H3,(H,25,26)/t10?,12?,14-/m0/s1. The second-order valence-electron chi connectivity index (χ2n) is 7.01. The number of hydrogen-bond acceptors (Lipinski definition) is 5. The zero-order chi connectivity index (χ0) is 19.6. The summed E-state index contributed by atoms with van der Waals surface area (Å²) < 4.78 is 45.3. The molecule has 1 heterocycles. The van der Waals surface area contributed by atoms with Crippen LogP contribution in [0.2, 0.25) is 0 Å². The fourth-order valence-corrected chi connectivity index (χ4v) is 3.70. The maximum atomic E-state index is 13.5. The smallest absolute Gasteiger partial charge is 0.388 e. The van der Waals surface area contributed by atoms with Crippen LogP contribution in [0.3, 0.4) is 0 Å². The molecule has 0 spiro atoms. The molecule has 1 aliphatic rings. The summed E-state index contributed by atoms with van der Waals surface area (Å²) >= 11 is 0. The third-order valence-electron chi connectivity index (χ3n) is 5.18. The highest BCUT2D eigenvalue weighted by molar-refractivity contribution is 5.65. The molecule has 0 bridgehead atoms. The number of aromatic nitrogens is 2. The number of nitrogens with two attached hydrogens (primary N) is 1. The van der Waals surface area contributed by atoms with E-state index in [1.54, 1.807) is 0 Å². The van der Waals surface area contributed by atoms with Gasteiger partial charge < -0.3 is 15.5 Å². The number of hydrogen-bond donors (Lipinski definition) is 3. The molecule has 1 fully saturated rings. The van der Waals surface area contributed by atoms with Crippen molar-refractivity contribution in [3.8, 4) is 11.5 Å². The SMILES string of the molecule is CC[C@H](Nc1cc(-c2n[nH]c(=O)o2)ccc1C(F)(F)F)C1CCC(N)CC1. The molecule has 2 aromatic rings. The van der Waals surface area contributed by atoms with Crippen LogP contribution in [0.4, 0.5) is 18.9 Å². The average Bonchev–Trinajstić information content (AvgIpc) is 3.06. The molecule has 4 N–H and O–H groups in total. The first kappa shape index (κ1) is 19.5. The molecule has 0 saturated heterocycles. The van der Waals surface area contributed by atoms with Crippen LogP contribution in [0, 0.1) is 5.92 Å². The predicted octanol–water partition coefficient (Wildman–Crippen LogP) is 3.76. The Hall–Kier alpha value is -2.29. The van der Waals surface area contributed by atoms with Crippen LogP contribution in [0.15, 0.2) is 27.4 Å². The third-order valence-corrected chi connectivity index (χ3v) is 5.18. The minimum Gasteiger partial charge on any atom is -0.388 e. The minimum absolute atomic E-state index is 0.0348. The van der Waals surface area contributed by atoms with Gasteiger partial charge >= 0.3 is 11.9 Å². The van der Waals surface area contributed by atoms with Gasteiger partial charge in [0, 0.05) is 23.3 Å². The number of nitrogens with one attached hydrogen (secondary N) is 2. The number of rotatable bonds is 5. The lowest BCUT2D eigenvalue weighted by atomic mass is 9.81. The van der Waals surface area contributed by atoms with Gasteiger partial charge in [-0.2, -0.15) is 13.2 Å². The Labute approximate surface area is 154 Å². The maximum absolute atomic E-state index is 13.5. The van der Waals surface area contributed by atoms with Crippen molar-refractivity contribution in [3.05, 3.63) is 34.3 Å². The van der Waals surface area contributed by atoms with E-state index in [4.69, 9.17) is 10.2 Å². The Morgan fingerprint density at radius 2 is 2.04 bits per heavy atom. The van der Waals surface area contributed by atoms with E-state index in [0.717, 1.165) is 31.7 Å². The highest BCUT2D eigenvalue weighted by atomic mass is 19.4. The summed E-state index contributed by atoms with van der Waals surface area (Å²) in [5.41, 5.74) is 5.45. The maximum Gasteiger partial charge on any atom is 0.434 e. The van der Waals surface area contributed by atoms with E-state index in [2.05, 4.69) is 15.5 Å². The second kappa shape index (κ2) is 7.75. The highest BCUT2D eigenvalue weighted by Gasteiger charge is 2.35. The predicted molar refractivity (Wildman–Crippen MR) is 95.2 cm³/mol. The zero-order valence-corrected chi connectivity index (χ0v) is 15.0. The molecule has 148 valence electrons. The zero-order valence-electron chi connectivity index (χ0n) is 15.0. The number of halogens is 3. The number of aromatic amines is 1. The van der Waals surface area contributed by atoms with Crippen molar-refractivity contribution in [3.63, 3.8) is 0 Å². The van der Waals surface area contributed by atoms with Crippen LogP contribution in [-0.2, 0) is 6.18 Å². The lowest BCUT2D eigenvalue weighted by Crippen LogP contribution is -2.35. The molecular formula is C18H23F3N4O2. The largest absolute Gasteiger partial charge is 0.434 e. The van der Waals surface area contributed by atoms with Crippen LogP contribution in [0.5, 0.6) is 0 Å². The van der Waals surface area contributed by atoms with E-state index in [1.807, 2.05) is 6.92 Å². The minimum atomic E-state index is -4.50. The molecule has 1 saturated carbocycles. The summed E-state index contributed by atoms with van der Waals surface area (Å²) in [5, 5.41) is 8.89. The van der Waals surface area contributed by atoms with Gasteiger partial charge in [0.1, 0.15) is 0 Å².